The highest BCUT2D eigenvalue weighted by atomic mass is 15.0. The number of aromatic nitrogens is 2. The highest BCUT2D eigenvalue weighted by Crippen LogP contribution is 2.08. The number of imidazole rings is 1. The van der Waals surface area contributed by atoms with Crippen molar-refractivity contribution in [3.63, 3.8) is 0 Å². The first-order valence-corrected chi connectivity index (χ1v) is 7.36. The maximum atomic E-state index is 5.62. The molecule has 1 rings (SSSR count). The van der Waals surface area contributed by atoms with Crippen LogP contribution in [0.1, 0.15) is 47.2 Å². The molecular weight excluding hydrogens is 246 g/mol. The molecule has 0 atom stereocenters. The molecule has 1 heterocycles. The molecule has 0 aliphatic rings. The Bertz CT molecular complexity index is 412. The van der Waals surface area contributed by atoms with E-state index in [0.29, 0.717) is 6.54 Å². The number of hydrogen-bond acceptors (Lipinski definition) is 2. The van der Waals surface area contributed by atoms with Gasteiger partial charge in [0.15, 0.2) is 0 Å². The number of nitrogens with zero attached hydrogens (tertiary/aromatic N) is 2. The van der Waals surface area contributed by atoms with Crippen LogP contribution in [0.25, 0.3) is 0 Å². The third kappa shape index (κ3) is 7.74. The molecule has 3 nitrogen and oxygen atoms in total. The molecule has 0 amide bonds. The van der Waals surface area contributed by atoms with Crippen molar-refractivity contribution in [2.24, 2.45) is 5.73 Å². The van der Waals surface area contributed by atoms with E-state index < -0.39 is 0 Å². The lowest BCUT2D eigenvalue weighted by molar-refractivity contribution is 0.739. The molecule has 0 saturated carbocycles. The second-order valence-electron chi connectivity index (χ2n) is 3.67. The van der Waals surface area contributed by atoms with Crippen LogP contribution in [0.15, 0.2) is 48.5 Å². The van der Waals surface area contributed by atoms with Crippen LogP contribution in [0.2, 0.25) is 0 Å². The smallest absolute Gasteiger partial charge is 0.0951 e. The van der Waals surface area contributed by atoms with Crippen LogP contribution in [0.5, 0.6) is 0 Å². The van der Waals surface area contributed by atoms with Crippen LogP contribution in [0, 0.1) is 0 Å². The minimum atomic E-state index is 0.507. The highest BCUT2D eigenvalue weighted by Gasteiger charge is 2.01. The Hall–Kier alpha value is -1.61. The summed E-state index contributed by atoms with van der Waals surface area (Å²) >= 11 is 0. The van der Waals surface area contributed by atoms with E-state index in [1.54, 1.807) is 12.5 Å². The molecule has 114 valence electrons. The maximum Gasteiger partial charge on any atom is 0.0951 e. The first-order valence-electron chi connectivity index (χ1n) is 7.36. The van der Waals surface area contributed by atoms with Crippen molar-refractivity contribution >= 4 is 0 Å². The summed E-state index contributed by atoms with van der Waals surface area (Å²) in [6, 6.07) is 0. The van der Waals surface area contributed by atoms with Gasteiger partial charge >= 0.3 is 0 Å². The van der Waals surface area contributed by atoms with E-state index in [0.717, 1.165) is 17.8 Å². The van der Waals surface area contributed by atoms with Gasteiger partial charge in [-0.3, -0.25) is 0 Å². The molecular formula is C17H31N3. The molecule has 0 aromatic carbocycles. The fourth-order valence-electron chi connectivity index (χ4n) is 1.40. The van der Waals surface area contributed by atoms with Gasteiger partial charge in [-0.05, 0) is 19.4 Å². The van der Waals surface area contributed by atoms with Crippen LogP contribution < -0.4 is 5.73 Å². The topological polar surface area (TPSA) is 43.8 Å². The van der Waals surface area contributed by atoms with E-state index in [4.69, 9.17) is 5.73 Å². The van der Waals surface area contributed by atoms with E-state index in [9.17, 15) is 0 Å². The van der Waals surface area contributed by atoms with Crippen molar-refractivity contribution in [3.8, 4) is 0 Å². The highest BCUT2D eigenvalue weighted by molar-refractivity contribution is 5.28. The lowest BCUT2D eigenvalue weighted by Crippen LogP contribution is -2.07. The second-order valence-corrected chi connectivity index (χ2v) is 3.67. The zero-order valence-electron chi connectivity index (χ0n) is 14.0. The minimum absolute atomic E-state index is 0.507. The molecule has 0 spiro atoms. The van der Waals surface area contributed by atoms with Gasteiger partial charge in [0.05, 0.1) is 12.0 Å². The summed E-state index contributed by atoms with van der Waals surface area (Å²) in [7, 11) is 0. The summed E-state index contributed by atoms with van der Waals surface area (Å²) in [6.07, 6.45) is 9.65. The quantitative estimate of drug-likeness (QED) is 0.807. The standard InChI is InChI=1S/C13H19N3.2C2H6/c1-4-11(3)6-12(5-2)9-16-10-15-8-13(16)7-14;2*1-2/h4-6,8,10H,2,7,9,14H2,1,3H3;2*1-2H3/b11-4-,12-6+;;. The van der Waals surface area contributed by atoms with Gasteiger partial charge in [0.2, 0.25) is 0 Å². The molecule has 0 saturated heterocycles. The predicted octanol–water partition coefficient (Wildman–Crippen LogP) is 4.47. The number of hydrogen-bond donors (Lipinski definition) is 1. The van der Waals surface area contributed by atoms with Crippen LogP contribution >= 0.6 is 0 Å². The Balaban J connectivity index is 0. The van der Waals surface area contributed by atoms with Gasteiger partial charge < -0.3 is 10.3 Å². The van der Waals surface area contributed by atoms with Crippen LogP contribution in [0.3, 0.4) is 0 Å². The summed E-state index contributed by atoms with van der Waals surface area (Å²) in [5.74, 6) is 0. The summed E-state index contributed by atoms with van der Waals surface area (Å²) < 4.78 is 2.04. The molecule has 3 heteroatoms. The first-order chi connectivity index (χ1) is 9.71. The number of allylic oxidation sites excluding steroid dienone is 5. The zero-order chi connectivity index (χ0) is 16.0. The van der Waals surface area contributed by atoms with Gasteiger partial charge in [0.1, 0.15) is 0 Å². The third-order valence-corrected chi connectivity index (χ3v) is 2.49. The zero-order valence-corrected chi connectivity index (χ0v) is 14.0. The predicted molar refractivity (Wildman–Crippen MR) is 90.5 cm³/mol. The third-order valence-electron chi connectivity index (χ3n) is 2.49. The summed E-state index contributed by atoms with van der Waals surface area (Å²) in [5.41, 5.74) is 9.04. The van der Waals surface area contributed by atoms with Crippen molar-refractivity contribution in [2.75, 3.05) is 0 Å². The maximum absolute atomic E-state index is 5.62. The van der Waals surface area contributed by atoms with E-state index in [1.807, 2.05) is 45.3 Å². The Morgan fingerprint density at radius 2 is 1.95 bits per heavy atom. The molecule has 0 bridgehead atoms. The molecule has 0 unspecified atom stereocenters. The average Bonchev–Trinajstić information content (AvgIpc) is 2.97. The summed E-state index contributed by atoms with van der Waals surface area (Å²) in [4.78, 5) is 4.09. The Morgan fingerprint density at radius 1 is 1.35 bits per heavy atom. The summed E-state index contributed by atoms with van der Waals surface area (Å²) in [5, 5.41) is 0. The fraction of sp³-hybridized carbons (Fsp3) is 0.471. The Morgan fingerprint density at radius 3 is 2.40 bits per heavy atom. The molecule has 0 radical (unpaired) electrons. The van der Waals surface area contributed by atoms with Gasteiger partial charge in [0, 0.05) is 19.3 Å². The molecule has 0 aliphatic heterocycles. The minimum Gasteiger partial charge on any atom is -0.329 e. The number of nitrogens with two attached hydrogens (primary N) is 1. The van der Waals surface area contributed by atoms with E-state index in [1.165, 1.54) is 5.57 Å². The largest absolute Gasteiger partial charge is 0.329 e. The van der Waals surface area contributed by atoms with Crippen molar-refractivity contribution in [2.45, 2.75) is 54.6 Å². The normalized spacial score (nSPS) is 10.9. The van der Waals surface area contributed by atoms with Crippen LogP contribution in [0.4, 0.5) is 0 Å². The fourth-order valence-corrected chi connectivity index (χ4v) is 1.40. The van der Waals surface area contributed by atoms with E-state index >= 15 is 0 Å². The SMILES string of the molecule is C=C/C(=C\C(C)=C/C)Cn1cncc1CN.CC.CC. The van der Waals surface area contributed by atoms with E-state index in [-0.39, 0.29) is 0 Å². The lowest BCUT2D eigenvalue weighted by Gasteiger charge is -2.07. The molecule has 0 fully saturated rings. The van der Waals surface area contributed by atoms with Crippen LogP contribution in [-0.2, 0) is 13.1 Å². The van der Waals surface area contributed by atoms with Gasteiger partial charge in [0.25, 0.3) is 0 Å². The summed E-state index contributed by atoms with van der Waals surface area (Å²) in [6.45, 7) is 17.2. The Labute approximate surface area is 124 Å². The molecule has 1 aromatic heterocycles. The van der Waals surface area contributed by atoms with Gasteiger partial charge in [-0.1, -0.05) is 58.1 Å². The molecule has 20 heavy (non-hydrogen) atoms. The molecule has 1 aromatic rings. The monoisotopic (exact) mass is 277 g/mol. The van der Waals surface area contributed by atoms with Crippen molar-refractivity contribution < 1.29 is 0 Å². The lowest BCUT2D eigenvalue weighted by atomic mass is 10.1. The van der Waals surface area contributed by atoms with Gasteiger partial charge in [-0.25, -0.2) is 4.98 Å². The van der Waals surface area contributed by atoms with Crippen molar-refractivity contribution in [1.29, 1.82) is 0 Å². The second kappa shape index (κ2) is 13.8. The van der Waals surface area contributed by atoms with Gasteiger partial charge in [-0.2, -0.15) is 0 Å². The molecule has 2 N–H and O–H groups in total. The molecule has 0 aliphatic carbocycles. The average molecular weight is 277 g/mol. The van der Waals surface area contributed by atoms with Gasteiger partial charge in [-0.15, -0.1) is 0 Å². The first kappa shape index (κ1) is 20.7. The van der Waals surface area contributed by atoms with E-state index in [2.05, 4.69) is 30.6 Å². The van der Waals surface area contributed by atoms with Crippen LogP contribution in [-0.4, -0.2) is 9.55 Å². The number of rotatable bonds is 5. The Kier molecular flexibility index (Phi) is 14.3. The van der Waals surface area contributed by atoms with Crippen molar-refractivity contribution in [1.82, 2.24) is 9.55 Å². The van der Waals surface area contributed by atoms with Crippen molar-refractivity contribution in [3.05, 3.63) is 54.2 Å².